The summed E-state index contributed by atoms with van der Waals surface area (Å²) in [6.45, 7) is -2.99. The number of nitrogens with two attached hydrogens (primary N) is 1. The van der Waals surface area contributed by atoms with Crippen LogP contribution >= 0.6 is 35.1 Å². The molecule has 0 spiro atoms. The first-order valence-electron chi connectivity index (χ1n) is 9.51. The topological polar surface area (TPSA) is 78.6 Å². The van der Waals surface area contributed by atoms with Gasteiger partial charge in [0.25, 0.3) is 14.8 Å². The van der Waals surface area contributed by atoms with Gasteiger partial charge in [0.2, 0.25) is 14.9 Å². The Kier molecular flexibility index (Phi) is 5.78. The van der Waals surface area contributed by atoms with E-state index in [4.69, 9.17) is 14.6 Å². The van der Waals surface area contributed by atoms with Crippen LogP contribution in [0.25, 0.3) is 22.3 Å². The van der Waals surface area contributed by atoms with Gasteiger partial charge in [0.1, 0.15) is 21.1 Å². The van der Waals surface area contributed by atoms with Crippen molar-refractivity contribution in [2.45, 2.75) is 16.9 Å². The zero-order valence-corrected chi connectivity index (χ0v) is 20.6. The highest BCUT2D eigenvalue weighted by molar-refractivity contribution is 9.34. The van der Waals surface area contributed by atoms with Gasteiger partial charge < -0.3 is 9.47 Å². The number of alkyl halides is 2. The maximum Gasteiger partial charge on any atom is 0.387 e. The second kappa shape index (κ2) is 8.48. The van der Waals surface area contributed by atoms with Crippen LogP contribution < -0.4 is 14.6 Å². The fraction of sp³-hybridized carbons (Fsp3) is 0.0909. The van der Waals surface area contributed by atoms with Crippen molar-refractivity contribution in [3.8, 4) is 33.8 Å². The quantitative estimate of drug-likeness (QED) is 0.270. The molecule has 2 aromatic heterocycles. The van der Waals surface area contributed by atoms with E-state index >= 15 is 0 Å². The van der Waals surface area contributed by atoms with Crippen molar-refractivity contribution in [3.63, 3.8) is 0 Å². The molecule has 1 aliphatic rings. The smallest absolute Gasteiger partial charge is 0.387 e. The monoisotopic (exact) mass is 570 g/mol. The van der Waals surface area contributed by atoms with Crippen molar-refractivity contribution in [1.82, 2.24) is 0 Å². The van der Waals surface area contributed by atoms with Gasteiger partial charge in [0.05, 0.1) is 14.5 Å². The fourth-order valence-corrected chi connectivity index (χ4v) is 7.92. The Morgan fingerprint density at radius 1 is 1.12 bits per heavy atom. The van der Waals surface area contributed by atoms with Crippen LogP contribution in [0.2, 0.25) is 0 Å². The molecule has 5 nitrogen and oxygen atoms in total. The first-order chi connectivity index (χ1) is 15.7. The number of primary sulfonamides is 1. The lowest BCUT2D eigenvalue weighted by molar-refractivity contribution is -0.0496. The average molecular weight is 571 g/mol. The van der Waals surface area contributed by atoms with E-state index in [0.717, 1.165) is 16.2 Å². The number of rotatable bonds is 5. The predicted molar refractivity (Wildman–Crippen MR) is 129 cm³/mol. The zero-order chi connectivity index (χ0) is 23.3. The van der Waals surface area contributed by atoms with Gasteiger partial charge >= 0.3 is 6.61 Å². The van der Waals surface area contributed by atoms with Gasteiger partial charge in [-0.1, -0.05) is 18.2 Å². The lowest BCUT2D eigenvalue weighted by Crippen LogP contribution is -2.16. The molecule has 11 heteroatoms. The SMILES string of the molecule is NS(=O)(=O)c1sccc1-c1ccc2c(c1)C(c1ccc[s+]1Br)Oc1cccc(OC(F)F)c1-2. The van der Waals surface area contributed by atoms with Crippen LogP contribution in [0.3, 0.4) is 0 Å². The maximum absolute atomic E-state index is 13.1. The van der Waals surface area contributed by atoms with Crippen LogP contribution in [0.15, 0.2) is 69.6 Å². The number of halogens is 3. The molecule has 2 unspecified atom stereocenters. The van der Waals surface area contributed by atoms with Crippen LogP contribution in [0.4, 0.5) is 8.78 Å². The predicted octanol–water partition coefficient (Wildman–Crippen LogP) is 6.72. The highest BCUT2D eigenvalue weighted by atomic mass is 79.9. The number of hydrogen-bond donors (Lipinski definition) is 1. The molecule has 0 bridgehead atoms. The number of ether oxygens (including phenoxy) is 2. The number of benzene rings is 2. The summed E-state index contributed by atoms with van der Waals surface area (Å²) in [5.74, 6) is 0.434. The molecule has 3 heterocycles. The Morgan fingerprint density at radius 2 is 1.94 bits per heavy atom. The van der Waals surface area contributed by atoms with Crippen molar-refractivity contribution in [2.75, 3.05) is 0 Å². The maximum atomic E-state index is 13.1. The molecule has 2 atom stereocenters. The molecule has 1 aliphatic heterocycles. The summed E-state index contributed by atoms with van der Waals surface area (Å²) >= 11 is 4.69. The molecular formula is C22H15BrF2NO4S3+. The summed E-state index contributed by atoms with van der Waals surface area (Å²) < 4.78 is 61.4. The lowest BCUT2D eigenvalue weighted by atomic mass is 9.89. The van der Waals surface area contributed by atoms with Gasteiger partial charge in [-0.15, -0.1) is 11.3 Å². The largest absolute Gasteiger partial charge is 0.475 e. The summed E-state index contributed by atoms with van der Waals surface area (Å²) in [5.41, 5.74) is 2.91. The molecule has 33 heavy (non-hydrogen) atoms. The first-order valence-corrected chi connectivity index (χ1v) is 15.1. The third-order valence-corrected chi connectivity index (χ3v) is 10.6. The molecule has 0 radical (unpaired) electrons. The van der Waals surface area contributed by atoms with Crippen molar-refractivity contribution in [3.05, 3.63) is 75.8 Å². The Labute approximate surface area is 202 Å². The van der Waals surface area contributed by atoms with E-state index in [1.165, 1.54) is 6.07 Å². The average Bonchev–Trinajstić information content (AvgIpc) is 3.41. The fourth-order valence-electron chi connectivity index (χ4n) is 3.91. The zero-order valence-electron chi connectivity index (χ0n) is 16.6. The molecule has 0 aliphatic carbocycles. The summed E-state index contributed by atoms with van der Waals surface area (Å²) in [6, 6.07) is 15.7. The van der Waals surface area contributed by atoms with Crippen LogP contribution in [0, 0.1) is 0 Å². The van der Waals surface area contributed by atoms with E-state index in [9.17, 15) is 17.2 Å². The minimum atomic E-state index is -3.91. The summed E-state index contributed by atoms with van der Waals surface area (Å²) in [6.07, 6.45) is -0.511. The Hall–Kier alpha value is -2.31. The second-order valence-corrected chi connectivity index (χ2v) is 13.2. The van der Waals surface area contributed by atoms with Gasteiger partial charge in [0, 0.05) is 17.2 Å². The number of sulfonamides is 1. The third kappa shape index (κ3) is 4.08. The van der Waals surface area contributed by atoms with E-state index in [2.05, 4.69) is 14.8 Å². The van der Waals surface area contributed by atoms with Crippen LogP contribution in [-0.2, 0) is 10.0 Å². The number of fused-ring (bicyclic) bond motifs is 3. The molecule has 2 N–H and O–H groups in total. The molecule has 0 saturated carbocycles. The minimum absolute atomic E-state index is 0.00655. The number of thiophene rings is 2. The molecule has 170 valence electrons. The van der Waals surface area contributed by atoms with Crippen LogP contribution in [0.1, 0.15) is 16.5 Å². The van der Waals surface area contributed by atoms with Crippen molar-refractivity contribution in [1.29, 1.82) is 0 Å². The molecule has 4 aromatic rings. The van der Waals surface area contributed by atoms with Crippen molar-refractivity contribution in [2.24, 2.45) is 5.14 Å². The second-order valence-electron chi connectivity index (χ2n) is 7.16. The lowest BCUT2D eigenvalue weighted by Gasteiger charge is -2.28. The van der Waals surface area contributed by atoms with E-state index in [-0.39, 0.29) is 18.9 Å². The first kappa shape index (κ1) is 22.5. The minimum Gasteiger partial charge on any atom is -0.475 e. The van der Waals surface area contributed by atoms with Crippen LogP contribution in [-0.4, -0.2) is 15.0 Å². The summed E-state index contributed by atoms with van der Waals surface area (Å²) in [7, 11) is -4.28. The third-order valence-electron chi connectivity index (χ3n) is 5.19. The molecular weight excluding hydrogens is 556 g/mol. The Balaban J connectivity index is 1.75. The molecule has 5 rings (SSSR count). The van der Waals surface area contributed by atoms with Gasteiger partial charge in [-0.25, -0.2) is 13.6 Å². The molecule has 2 aromatic carbocycles. The van der Waals surface area contributed by atoms with Crippen molar-refractivity contribution < 1.29 is 26.7 Å². The van der Waals surface area contributed by atoms with E-state index in [1.807, 2.05) is 23.6 Å². The van der Waals surface area contributed by atoms with E-state index in [1.54, 1.807) is 35.7 Å². The standard InChI is InChI=1S/C22H15BrF2NO4S3/c23-32-10-2-5-18(32)20-15-11-12(13-8-9-31-21(13)33(26,27)28)6-7-14(15)19-16(29-20)3-1-4-17(19)30-22(24)25/h1-11,20,22H,(H2,26,27,28)/q+1. The van der Waals surface area contributed by atoms with Gasteiger partial charge in [0.15, 0.2) is 6.10 Å². The van der Waals surface area contributed by atoms with E-state index in [0.29, 0.717) is 33.6 Å². The molecule has 0 saturated heterocycles. The van der Waals surface area contributed by atoms with Gasteiger partial charge in [-0.05, 0) is 46.8 Å². The highest BCUT2D eigenvalue weighted by Gasteiger charge is 2.35. The Morgan fingerprint density at radius 3 is 2.64 bits per heavy atom. The van der Waals surface area contributed by atoms with Crippen molar-refractivity contribution >= 4 is 45.1 Å². The van der Waals surface area contributed by atoms with Gasteiger partial charge in [-0.2, -0.15) is 8.78 Å². The van der Waals surface area contributed by atoms with Crippen LogP contribution in [0.5, 0.6) is 11.5 Å². The molecule has 0 fully saturated rings. The van der Waals surface area contributed by atoms with E-state index < -0.39 is 22.7 Å². The molecule has 0 amide bonds. The normalized spacial score (nSPS) is 15.7. The summed E-state index contributed by atoms with van der Waals surface area (Å²) in [5, 5.41) is 9.05. The van der Waals surface area contributed by atoms with Gasteiger partial charge in [-0.3, -0.25) is 0 Å². The Bertz CT molecular complexity index is 1470. The highest BCUT2D eigenvalue weighted by Crippen LogP contribution is 2.52. The summed E-state index contributed by atoms with van der Waals surface area (Å²) in [4.78, 5) is 0.955. The number of hydrogen-bond acceptors (Lipinski definition) is 5.